The van der Waals surface area contributed by atoms with Gasteiger partial charge in [-0.05, 0) is 35.9 Å². The van der Waals surface area contributed by atoms with E-state index in [1.165, 1.54) is 12.1 Å². The minimum atomic E-state index is -0.340. The van der Waals surface area contributed by atoms with Crippen LogP contribution in [0.15, 0.2) is 72.8 Å². The van der Waals surface area contributed by atoms with Gasteiger partial charge in [-0.2, -0.15) is 0 Å². The summed E-state index contributed by atoms with van der Waals surface area (Å²) < 4.78 is 24.4. The lowest BCUT2D eigenvalue weighted by molar-refractivity contribution is -0.117. The average Bonchev–Trinajstić information content (AvgIpc) is 3.11. The van der Waals surface area contributed by atoms with E-state index in [0.29, 0.717) is 18.0 Å². The molecule has 0 aromatic heterocycles. The predicted molar refractivity (Wildman–Crippen MR) is 100 cm³/mol. The molecule has 1 N–H and O–H groups in total. The van der Waals surface area contributed by atoms with E-state index in [4.69, 9.17) is 9.47 Å². The number of nitrogens with one attached hydrogen (secondary N) is 1. The lowest BCUT2D eigenvalue weighted by Crippen LogP contribution is -2.22. The van der Waals surface area contributed by atoms with Crippen LogP contribution in [-0.2, 0) is 11.4 Å². The van der Waals surface area contributed by atoms with E-state index in [0.717, 1.165) is 16.9 Å². The summed E-state index contributed by atoms with van der Waals surface area (Å²) in [6, 6.07) is 21.0. The Bertz CT molecular complexity index is 973. The molecule has 4 rings (SSSR count). The van der Waals surface area contributed by atoms with Crippen LogP contribution in [0, 0.1) is 5.82 Å². The van der Waals surface area contributed by atoms with Crippen molar-refractivity contribution in [1.29, 1.82) is 0 Å². The maximum Gasteiger partial charge on any atom is 0.235 e. The van der Waals surface area contributed by atoms with Gasteiger partial charge in [-0.1, -0.05) is 36.4 Å². The zero-order valence-corrected chi connectivity index (χ0v) is 14.5. The van der Waals surface area contributed by atoms with Gasteiger partial charge in [-0.3, -0.25) is 4.79 Å². The molecule has 3 aromatic carbocycles. The first-order valence-electron chi connectivity index (χ1n) is 8.69. The van der Waals surface area contributed by atoms with Crippen LogP contribution in [0.3, 0.4) is 0 Å². The smallest absolute Gasteiger partial charge is 0.235 e. The van der Waals surface area contributed by atoms with Crippen molar-refractivity contribution in [3.63, 3.8) is 0 Å². The Balaban J connectivity index is 1.41. The Morgan fingerprint density at radius 2 is 1.93 bits per heavy atom. The van der Waals surface area contributed by atoms with Crippen LogP contribution in [0.5, 0.6) is 11.5 Å². The molecule has 1 unspecified atom stereocenters. The summed E-state index contributed by atoms with van der Waals surface area (Å²) in [7, 11) is 0. The molecule has 1 aliphatic heterocycles. The first-order chi connectivity index (χ1) is 13.2. The number of hydrogen-bond donors (Lipinski definition) is 1. The van der Waals surface area contributed by atoms with Gasteiger partial charge in [0, 0.05) is 17.3 Å². The third kappa shape index (κ3) is 3.92. The summed E-state index contributed by atoms with van der Waals surface area (Å²) in [5.74, 6) is 0.447. The van der Waals surface area contributed by atoms with Crippen molar-refractivity contribution in [1.82, 2.24) is 0 Å². The number of hydrogen-bond acceptors (Lipinski definition) is 3. The van der Waals surface area contributed by atoms with Gasteiger partial charge in [0.05, 0.1) is 0 Å². The van der Waals surface area contributed by atoms with Crippen molar-refractivity contribution in [3.8, 4) is 11.5 Å². The number of carbonyl (C=O) groups excluding carboxylic acids is 1. The topological polar surface area (TPSA) is 47.6 Å². The highest BCUT2D eigenvalue weighted by molar-refractivity contribution is 5.97. The van der Waals surface area contributed by atoms with Gasteiger partial charge in [-0.15, -0.1) is 0 Å². The Morgan fingerprint density at radius 3 is 2.81 bits per heavy atom. The van der Waals surface area contributed by atoms with E-state index in [-0.39, 0.29) is 24.2 Å². The standard InChI is InChI=1S/C22H18FNO3/c23-16-6-4-8-18(12-16)26-13-15-5-3-7-17(11-15)24-22(25)20-14-27-21-10-2-1-9-19(20)21/h1-12,20H,13-14H2,(H,24,25). The quantitative estimate of drug-likeness (QED) is 0.725. The Labute approximate surface area is 156 Å². The molecule has 3 aromatic rings. The minimum Gasteiger partial charge on any atom is -0.492 e. The highest BCUT2D eigenvalue weighted by Crippen LogP contribution is 2.34. The zero-order chi connectivity index (χ0) is 18.6. The minimum absolute atomic E-state index is 0.108. The molecule has 1 amide bonds. The van der Waals surface area contributed by atoms with E-state index in [9.17, 15) is 9.18 Å². The molecular formula is C22H18FNO3. The number of amides is 1. The SMILES string of the molecule is O=C(Nc1cccc(COc2cccc(F)c2)c1)C1COc2ccccc21. The van der Waals surface area contributed by atoms with Crippen LogP contribution < -0.4 is 14.8 Å². The Hall–Kier alpha value is -3.34. The predicted octanol–water partition coefficient (Wildman–Crippen LogP) is 4.52. The highest BCUT2D eigenvalue weighted by atomic mass is 19.1. The lowest BCUT2D eigenvalue weighted by Gasteiger charge is -2.12. The molecular weight excluding hydrogens is 345 g/mol. The third-order valence-electron chi connectivity index (χ3n) is 4.41. The van der Waals surface area contributed by atoms with Gasteiger partial charge in [0.1, 0.15) is 36.4 Å². The van der Waals surface area contributed by atoms with Gasteiger partial charge in [0.25, 0.3) is 0 Å². The van der Waals surface area contributed by atoms with E-state index in [2.05, 4.69) is 5.32 Å². The van der Waals surface area contributed by atoms with Gasteiger partial charge in [0.15, 0.2) is 0 Å². The Kier molecular flexibility index (Phi) is 4.75. The number of carbonyl (C=O) groups is 1. The number of rotatable bonds is 5. The van der Waals surface area contributed by atoms with Gasteiger partial charge >= 0.3 is 0 Å². The molecule has 0 aliphatic carbocycles. The van der Waals surface area contributed by atoms with E-state index < -0.39 is 0 Å². The summed E-state index contributed by atoms with van der Waals surface area (Å²) >= 11 is 0. The molecule has 0 bridgehead atoms. The normalized spacial score (nSPS) is 14.9. The largest absolute Gasteiger partial charge is 0.492 e. The summed E-state index contributed by atoms with van der Waals surface area (Å²) in [6.45, 7) is 0.621. The van der Waals surface area contributed by atoms with Crippen molar-refractivity contribution in [2.24, 2.45) is 0 Å². The van der Waals surface area contributed by atoms with Crippen molar-refractivity contribution in [3.05, 3.63) is 89.7 Å². The second-order valence-corrected chi connectivity index (χ2v) is 6.34. The van der Waals surface area contributed by atoms with Crippen molar-refractivity contribution >= 4 is 11.6 Å². The number of benzene rings is 3. The maximum atomic E-state index is 13.2. The second kappa shape index (κ2) is 7.50. The molecule has 0 spiro atoms. The first-order valence-corrected chi connectivity index (χ1v) is 8.69. The van der Waals surface area contributed by atoms with Crippen LogP contribution in [-0.4, -0.2) is 12.5 Å². The fourth-order valence-corrected chi connectivity index (χ4v) is 3.07. The average molecular weight is 363 g/mol. The monoisotopic (exact) mass is 363 g/mol. The molecule has 1 aliphatic rings. The van der Waals surface area contributed by atoms with Gasteiger partial charge in [-0.25, -0.2) is 4.39 Å². The van der Waals surface area contributed by atoms with Crippen molar-refractivity contribution in [2.75, 3.05) is 11.9 Å². The number of fused-ring (bicyclic) bond motifs is 1. The summed E-state index contributed by atoms with van der Waals surface area (Å²) in [6.07, 6.45) is 0. The molecule has 1 heterocycles. The molecule has 0 radical (unpaired) electrons. The van der Waals surface area contributed by atoms with E-state index in [1.807, 2.05) is 48.5 Å². The molecule has 136 valence electrons. The molecule has 0 fully saturated rings. The second-order valence-electron chi connectivity index (χ2n) is 6.34. The fraction of sp³-hybridized carbons (Fsp3) is 0.136. The van der Waals surface area contributed by atoms with Gasteiger partial charge in [0.2, 0.25) is 5.91 Å². The fourth-order valence-electron chi connectivity index (χ4n) is 3.07. The molecule has 0 saturated carbocycles. The molecule has 4 nitrogen and oxygen atoms in total. The van der Waals surface area contributed by atoms with Gasteiger partial charge < -0.3 is 14.8 Å². The summed E-state index contributed by atoms with van der Waals surface area (Å²) in [5.41, 5.74) is 2.46. The number of anilines is 1. The number of para-hydroxylation sites is 1. The van der Waals surface area contributed by atoms with Crippen LogP contribution in [0.4, 0.5) is 10.1 Å². The van der Waals surface area contributed by atoms with Crippen LogP contribution in [0.25, 0.3) is 0 Å². The zero-order valence-electron chi connectivity index (χ0n) is 14.5. The lowest BCUT2D eigenvalue weighted by atomic mass is 10.0. The molecule has 0 saturated heterocycles. The molecule has 1 atom stereocenters. The molecule has 5 heteroatoms. The maximum absolute atomic E-state index is 13.2. The summed E-state index contributed by atoms with van der Waals surface area (Å²) in [4.78, 5) is 12.6. The third-order valence-corrected chi connectivity index (χ3v) is 4.41. The van der Waals surface area contributed by atoms with Crippen LogP contribution in [0.1, 0.15) is 17.0 Å². The number of ether oxygens (including phenoxy) is 2. The van der Waals surface area contributed by atoms with E-state index >= 15 is 0 Å². The Morgan fingerprint density at radius 1 is 1.07 bits per heavy atom. The molecule has 27 heavy (non-hydrogen) atoms. The van der Waals surface area contributed by atoms with Crippen molar-refractivity contribution < 1.29 is 18.7 Å². The van der Waals surface area contributed by atoms with Crippen LogP contribution in [0.2, 0.25) is 0 Å². The highest BCUT2D eigenvalue weighted by Gasteiger charge is 2.30. The first kappa shape index (κ1) is 17.1. The number of halogens is 1. The summed E-state index contributed by atoms with van der Waals surface area (Å²) in [5, 5.41) is 2.94. The van der Waals surface area contributed by atoms with E-state index in [1.54, 1.807) is 12.1 Å². The van der Waals surface area contributed by atoms with Crippen molar-refractivity contribution in [2.45, 2.75) is 12.5 Å². The van der Waals surface area contributed by atoms with Crippen LogP contribution >= 0.6 is 0 Å².